The van der Waals surface area contributed by atoms with Crippen LogP contribution >= 0.6 is 24.0 Å². The Labute approximate surface area is 176 Å². The molecular formula is C18H14N2O6S3. The monoisotopic (exact) mass is 450 g/mol. The molecule has 3 N–H and O–H groups in total. The van der Waals surface area contributed by atoms with Gasteiger partial charge in [0.25, 0.3) is 5.91 Å². The van der Waals surface area contributed by atoms with Crippen LogP contribution in [-0.4, -0.2) is 36.3 Å². The lowest BCUT2D eigenvalue weighted by molar-refractivity contribution is -0.139. The molecule has 0 unspecified atom stereocenters. The predicted molar refractivity (Wildman–Crippen MR) is 113 cm³/mol. The number of carboxylic acid groups (broad SMARTS) is 1. The van der Waals surface area contributed by atoms with Gasteiger partial charge in [0.1, 0.15) is 5.75 Å². The number of hydrogen-bond acceptors (Lipinski definition) is 7. The van der Waals surface area contributed by atoms with Crippen LogP contribution in [0.2, 0.25) is 0 Å². The molecule has 3 rings (SSSR count). The summed E-state index contributed by atoms with van der Waals surface area (Å²) in [4.78, 5) is 25.1. The van der Waals surface area contributed by atoms with E-state index in [2.05, 4.69) is 0 Å². The first kappa shape index (κ1) is 21.0. The Bertz CT molecular complexity index is 1130. The third-order valence-corrected chi connectivity index (χ3v) is 6.01. The summed E-state index contributed by atoms with van der Waals surface area (Å²) in [5, 5.41) is 13.9. The van der Waals surface area contributed by atoms with Crippen molar-refractivity contribution in [2.45, 2.75) is 4.90 Å². The topological polar surface area (TPSA) is 127 Å². The Morgan fingerprint density at radius 2 is 1.86 bits per heavy atom. The number of thioether (sulfide) groups is 1. The number of carboxylic acids is 1. The smallest absolute Gasteiger partial charge is 0.341 e. The second kappa shape index (κ2) is 8.33. The van der Waals surface area contributed by atoms with E-state index in [1.807, 2.05) is 0 Å². The number of nitrogens with zero attached hydrogens (tertiary/aromatic N) is 1. The summed E-state index contributed by atoms with van der Waals surface area (Å²) in [5.41, 5.74) is 0.928. The maximum Gasteiger partial charge on any atom is 0.341 e. The number of thiocarbonyl (C=S) groups is 1. The molecule has 1 saturated heterocycles. The number of ether oxygens (including phenoxy) is 1. The van der Waals surface area contributed by atoms with Gasteiger partial charge in [-0.05, 0) is 36.4 Å². The van der Waals surface area contributed by atoms with Crippen LogP contribution in [0.3, 0.4) is 0 Å². The van der Waals surface area contributed by atoms with Gasteiger partial charge in [0.05, 0.1) is 15.5 Å². The Morgan fingerprint density at radius 3 is 2.48 bits per heavy atom. The van der Waals surface area contributed by atoms with E-state index in [1.165, 1.54) is 29.2 Å². The van der Waals surface area contributed by atoms with Crippen LogP contribution in [-0.2, 0) is 19.6 Å². The maximum atomic E-state index is 12.9. The molecule has 0 atom stereocenters. The maximum absolute atomic E-state index is 12.9. The number of carbonyl (C=O) groups is 2. The summed E-state index contributed by atoms with van der Waals surface area (Å²) in [6, 6.07) is 12.2. The largest absolute Gasteiger partial charge is 0.481 e. The minimum Gasteiger partial charge on any atom is -0.481 e. The van der Waals surface area contributed by atoms with E-state index in [-0.39, 0.29) is 9.22 Å². The molecule has 1 aliphatic heterocycles. The summed E-state index contributed by atoms with van der Waals surface area (Å²) in [6.07, 6.45) is 1.56. The van der Waals surface area contributed by atoms with E-state index >= 15 is 0 Å². The Morgan fingerprint density at radius 1 is 1.21 bits per heavy atom. The molecule has 0 spiro atoms. The predicted octanol–water partition coefficient (Wildman–Crippen LogP) is 2.20. The molecule has 1 aliphatic rings. The van der Waals surface area contributed by atoms with Crippen molar-refractivity contribution in [3.05, 3.63) is 59.0 Å². The standard InChI is InChI=1S/C18H14N2O6S3/c19-29(24,25)13-7-5-12(6-8-13)20-17(23)15(28-18(20)27)9-11-3-1-2-4-14(11)26-10-16(21)22/h1-9H,10H2,(H,21,22)(H2,19,24,25). The first-order chi connectivity index (χ1) is 13.7. The highest BCUT2D eigenvalue weighted by Gasteiger charge is 2.33. The molecule has 1 heterocycles. The summed E-state index contributed by atoms with van der Waals surface area (Å²) in [5.74, 6) is -1.19. The highest BCUT2D eigenvalue weighted by atomic mass is 32.2. The lowest BCUT2D eigenvalue weighted by atomic mass is 10.2. The molecule has 2 aromatic rings. The zero-order valence-corrected chi connectivity index (χ0v) is 17.1. The van der Waals surface area contributed by atoms with Crippen molar-refractivity contribution in [1.29, 1.82) is 0 Å². The number of hydrogen-bond donors (Lipinski definition) is 2. The normalized spacial score (nSPS) is 15.8. The molecule has 29 heavy (non-hydrogen) atoms. The van der Waals surface area contributed by atoms with E-state index < -0.39 is 28.5 Å². The quantitative estimate of drug-likeness (QED) is 0.507. The average Bonchev–Trinajstić information content (AvgIpc) is 2.93. The van der Waals surface area contributed by atoms with Crippen LogP contribution in [0.25, 0.3) is 6.08 Å². The average molecular weight is 451 g/mol. The first-order valence-corrected chi connectivity index (χ1v) is 10.8. The molecule has 1 amide bonds. The lowest BCUT2D eigenvalue weighted by Crippen LogP contribution is -2.27. The highest BCUT2D eigenvalue weighted by Crippen LogP contribution is 2.37. The van der Waals surface area contributed by atoms with Crippen LogP contribution in [0.4, 0.5) is 5.69 Å². The van der Waals surface area contributed by atoms with Crippen molar-refractivity contribution < 1.29 is 27.9 Å². The molecule has 1 fully saturated rings. The van der Waals surface area contributed by atoms with Gasteiger partial charge in [0.15, 0.2) is 10.9 Å². The molecule has 150 valence electrons. The number of anilines is 1. The van der Waals surface area contributed by atoms with Crippen molar-refractivity contribution in [3.8, 4) is 5.75 Å². The van der Waals surface area contributed by atoms with Crippen molar-refractivity contribution in [2.24, 2.45) is 5.14 Å². The molecule has 2 aromatic carbocycles. The zero-order valence-electron chi connectivity index (χ0n) is 14.6. The van der Waals surface area contributed by atoms with Crippen molar-refractivity contribution >= 4 is 62.0 Å². The van der Waals surface area contributed by atoms with Crippen LogP contribution in [0.1, 0.15) is 5.56 Å². The molecule has 0 aliphatic carbocycles. The third kappa shape index (κ3) is 4.82. The molecule has 11 heteroatoms. The lowest BCUT2D eigenvalue weighted by Gasteiger charge is -2.14. The van der Waals surface area contributed by atoms with Crippen LogP contribution in [0.5, 0.6) is 5.75 Å². The number of carbonyl (C=O) groups excluding carboxylic acids is 1. The second-order valence-electron chi connectivity index (χ2n) is 5.78. The van der Waals surface area contributed by atoms with Crippen LogP contribution < -0.4 is 14.8 Å². The number of amides is 1. The van der Waals surface area contributed by atoms with E-state index in [1.54, 1.807) is 30.3 Å². The van der Waals surface area contributed by atoms with Gasteiger partial charge in [0, 0.05) is 5.56 Å². The van der Waals surface area contributed by atoms with Gasteiger partial charge in [-0.3, -0.25) is 9.69 Å². The second-order valence-corrected chi connectivity index (χ2v) is 9.01. The van der Waals surface area contributed by atoms with Gasteiger partial charge >= 0.3 is 5.97 Å². The van der Waals surface area contributed by atoms with Gasteiger partial charge < -0.3 is 9.84 Å². The molecule has 8 nitrogen and oxygen atoms in total. The molecule has 0 aromatic heterocycles. The van der Waals surface area contributed by atoms with Gasteiger partial charge in [-0.25, -0.2) is 18.4 Å². The molecule has 0 radical (unpaired) electrons. The first-order valence-electron chi connectivity index (χ1n) is 8.01. The number of rotatable bonds is 6. The summed E-state index contributed by atoms with van der Waals surface area (Å²) in [7, 11) is -3.85. The molecule has 0 bridgehead atoms. The van der Waals surface area contributed by atoms with E-state index in [0.717, 1.165) is 11.8 Å². The van der Waals surface area contributed by atoms with Crippen LogP contribution in [0, 0.1) is 0 Å². The number of para-hydroxylation sites is 1. The van der Waals surface area contributed by atoms with Gasteiger partial charge in [-0.2, -0.15) is 0 Å². The van der Waals surface area contributed by atoms with Gasteiger partial charge in [-0.1, -0.05) is 42.2 Å². The van der Waals surface area contributed by atoms with Gasteiger partial charge in [0.2, 0.25) is 10.0 Å². The Balaban J connectivity index is 1.89. The minimum absolute atomic E-state index is 0.0771. The number of nitrogens with two attached hydrogens (primary N) is 1. The number of primary sulfonamides is 1. The third-order valence-electron chi connectivity index (χ3n) is 3.77. The molecule has 0 saturated carbocycles. The summed E-state index contributed by atoms with van der Waals surface area (Å²) < 4.78 is 28.3. The van der Waals surface area contributed by atoms with Crippen molar-refractivity contribution in [1.82, 2.24) is 0 Å². The zero-order chi connectivity index (χ0) is 21.2. The number of sulfonamides is 1. The Hall–Kier alpha value is -2.73. The Kier molecular flexibility index (Phi) is 6.03. The van der Waals surface area contributed by atoms with Crippen molar-refractivity contribution in [3.63, 3.8) is 0 Å². The number of benzene rings is 2. The van der Waals surface area contributed by atoms with E-state index in [4.69, 9.17) is 27.2 Å². The fraction of sp³-hybridized carbons (Fsp3) is 0.0556. The summed E-state index contributed by atoms with van der Waals surface area (Å²) in [6.45, 7) is -0.512. The molecular weight excluding hydrogens is 436 g/mol. The van der Waals surface area contributed by atoms with Gasteiger partial charge in [-0.15, -0.1) is 0 Å². The van der Waals surface area contributed by atoms with Crippen LogP contribution in [0.15, 0.2) is 58.3 Å². The SMILES string of the molecule is NS(=O)(=O)c1ccc(N2C(=O)C(=Cc3ccccc3OCC(=O)O)SC2=S)cc1. The van der Waals surface area contributed by atoms with E-state index in [9.17, 15) is 18.0 Å². The minimum atomic E-state index is -3.85. The fourth-order valence-electron chi connectivity index (χ4n) is 2.49. The van der Waals surface area contributed by atoms with E-state index in [0.29, 0.717) is 21.9 Å². The van der Waals surface area contributed by atoms with Crippen molar-refractivity contribution in [2.75, 3.05) is 11.5 Å². The summed E-state index contributed by atoms with van der Waals surface area (Å²) >= 11 is 6.36. The fourth-order valence-corrected chi connectivity index (χ4v) is 4.29. The highest BCUT2D eigenvalue weighted by molar-refractivity contribution is 8.27. The number of aliphatic carboxylic acids is 1.